The molecule has 2 aliphatic rings. The van der Waals surface area contributed by atoms with Gasteiger partial charge >= 0.3 is 0 Å². The Balaban J connectivity index is 0.000000293. The molecule has 0 bridgehead atoms. The Labute approximate surface area is 212 Å². The standard InChI is InChI=1S/C10H15N3O3S.C5H5FN2O2S.C5H11NO.CH4/c1-8-7-16-6-5-13(8)9-3-2-4-10(12-9)17(11,14)15;6-4-2-1-3-5(8-4)11(7,9)10;1-5-4-7-3-2-6-5;/h2-4,8H,5-7H2,1H3,(H2,11,14,15);1-3H,(H2,7,9,10);5-6H,2-4H2,1H3;1H4/t8-;;5-;/m0.0./s1. The molecule has 4 heterocycles. The summed E-state index contributed by atoms with van der Waals surface area (Å²) in [4.78, 5) is 9.15. The Kier molecular flexibility index (Phi) is 12.8. The third kappa shape index (κ3) is 10.8. The molecule has 0 aromatic carbocycles. The molecule has 5 N–H and O–H groups in total. The van der Waals surface area contributed by atoms with Gasteiger partial charge in [-0.15, -0.1) is 0 Å². The highest BCUT2D eigenvalue weighted by Crippen LogP contribution is 2.18. The lowest BCUT2D eigenvalue weighted by atomic mass is 10.2. The second-order valence-electron chi connectivity index (χ2n) is 7.77. The normalized spacial score (nSPS) is 20.1. The highest BCUT2D eigenvalue weighted by Gasteiger charge is 2.21. The van der Waals surface area contributed by atoms with Gasteiger partial charge in [0, 0.05) is 19.1 Å². The quantitative estimate of drug-likeness (QED) is 0.454. The van der Waals surface area contributed by atoms with Crippen molar-refractivity contribution in [2.24, 2.45) is 10.3 Å². The second kappa shape index (κ2) is 14.5. The molecule has 204 valence electrons. The molecule has 2 aromatic rings. The van der Waals surface area contributed by atoms with Crippen LogP contribution in [0.1, 0.15) is 21.3 Å². The number of nitrogens with two attached hydrogens (primary N) is 2. The first kappa shape index (κ1) is 31.8. The van der Waals surface area contributed by atoms with Gasteiger partial charge in [-0.2, -0.15) is 4.39 Å². The van der Waals surface area contributed by atoms with Crippen LogP contribution < -0.4 is 20.5 Å². The van der Waals surface area contributed by atoms with Crippen molar-refractivity contribution < 1.29 is 30.7 Å². The van der Waals surface area contributed by atoms with Crippen molar-refractivity contribution in [3.8, 4) is 0 Å². The lowest BCUT2D eigenvalue weighted by Crippen LogP contribution is -2.44. The summed E-state index contributed by atoms with van der Waals surface area (Å²) in [6, 6.07) is 8.93. The number of halogens is 1. The molecule has 2 aliphatic heterocycles. The minimum atomic E-state index is -3.88. The van der Waals surface area contributed by atoms with Crippen LogP contribution in [0, 0.1) is 5.95 Å². The Morgan fingerprint density at radius 2 is 1.53 bits per heavy atom. The van der Waals surface area contributed by atoms with Gasteiger partial charge in [-0.05, 0) is 38.1 Å². The summed E-state index contributed by atoms with van der Waals surface area (Å²) in [6.07, 6.45) is 0. The summed E-state index contributed by atoms with van der Waals surface area (Å²) in [6.45, 7) is 8.82. The third-order valence-electron chi connectivity index (χ3n) is 4.75. The smallest absolute Gasteiger partial charge is 0.255 e. The van der Waals surface area contributed by atoms with Crippen molar-refractivity contribution in [1.29, 1.82) is 0 Å². The van der Waals surface area contributed by atoms with E-state index in [-0.39, 0.29) is 18.5 Å². The average Bonchev–Trinajstić information content (AvgIpc) is 2.80. The summed E-state index contributed by atoms with van der Waals surface area (Å²) < 4.78 is 66.2. The van der Waals surface area contributed by atoms with Crippen molar-refractivity contribution in [2.45, 2.75) is 43.4 Å². The summed E-state index contributed by atoms with van der Waals surface area (Å²) >= 11 is 0. The number of anilines is 1. The molecule has 2 atom stereocenters. The molecule has 2 saturated heterocycles. The molecule has 0 radical (unpaired) electrons. The molecule has 36 heavy (non-hydrogen) atoms. The Morgan fingerprint density at radius 1 is 0.944 bits per heavy atom. The number of ether oxygens (including phenoxy) is 2. The predicted octanol–water partition coefficient (Wildman–Crippen LogP) is 0.453. The molecule has 0 saturated carbocycles. The van der Waals surface area contributed by atoms with Crippen LogP contribution in [0.4, 0.5) is 10.2 Å². The Morgan fingerprint density at radius 3 is 1.97 bits per heavy atom. The van der Waals surface area contributed by atoms with Gasteiger partial charge in [-0.3, -0.25) is 0 Å². The largest absolute Gasteiger partial charge is 0.379 e. The molecule has 0 aliphatic carbocycles. The van der Waals surface area contributed by atoms with Gasteiger partial charge in [-0.25, -0.2) is 37.1 Å². The summed E-state index contributed by atoms with van der Waals surface area (Å²) in [7, 11) is -7.63. The molecule has 4 rings (SSSR count). The average molecular weight is 551 g/mol. The zero-order chi connectivity index (χ0) is 26.1. The molecular formula is C21H35FN6O6S2. The highest BCUT2D eigenvalue weighted by molar-refractivity contribution is 7.89. The number of nitrogens with zero attached hydrogens (tertiary/aromatic N) is 3. The Hall–Kier alpha value is -2.27. The van der Waals surface area contributed by atoms with Gasteiger partial charge in [0.15, 0.2) is 10.1 Å². The van der Waals surface area contributed by atoms with Gasteiger partial charge in [0.1, 0.15) is 5.82 Å². The van der Waals surface area contributed by atoms with Crippen LogP contribution in [-0.2, 0) is 29.5 Å². The van der Waals surface area contributed by atoms with E-state index in [1.807, 2.05) is 11.8 Å². The van der Waals surface area contributed by atoms with E-state index >= 15 is 0 Å². The number of hydrogen-bond donors (Lipinski definition) is 3. The van der Waals surface area contributed by atoms with E-state index in [4.69, 9.17) is 14.6 Å². The van der Waals surface area contributed by atoms with Crippen molar-refractivity contribution >= 4 is 25.9 Å². The van der Waals surface area contributed by atoms with E-state index in [9.17, 15) is 21.2 Å². The SMILES string of the molecule is C.C[C@H]1COCCN1.C[C@H]1COCCN1c1cccc(S(N)(=O)=O)n1.NS(=O)(=O)c1cccc(F)n1. The third-order valence-corrected chi connectivity index (χ3v) is 6.37. The highest BCUT2D eigenvalue weighted by atomic mass is 32.2. The van der Waals surface area contributed by atoms with E-state index in [0.29, 0.717) is 31.6 Å². The topological polar surface area (TPSA) is 180 Å². The summed E-state index contributed by atoms with van der Waals surface area (Å²) in [5, 5.41) is 12.4. The molecule has 2 aromatic heterocycles. The number of aromatic nitrogens is 2. The first-order valence-electron chi connectivity index (χ1n) is 10.7. The molecule has 12 nitrogen and oxygen atoms in total. The van der Waals surface area contributed by atoms with E-state index in [1.165, 1.54) is 12.1 Å². The number of nitrogens with one attached hydrogen (secondary N) is 1. The maximum atomic E-state index is 12.3. The number of rotatable bonds is 3. The van der Waals surface area contributed by atoms with Crippen molar-refractivity contribution in [3.05, 3.63) is 42.3 Å². The predicted molar refractivity (Wildman–Crippen MR) is 134 cm³/mol. The molecule has 0 unspecified atom stereocenters. The van der Waals surface area contributed by atoms with E-state index in [1.54, 1.807) is 12.1 Å². The van der Waals surface area contributed by atoms with Crippen LogP contribution in [0.15, 0.2) is 46.5 Å². The number of pyridine rings is 2. The van der Waals surface area contributed by atoms with Crippen LogP contribution >= 0.6 is 0 Å². The Bertz CT molecular complexity index is 1160. The van der Waals surface area contributed by atoms with Gasteiger partial charge < -0.3 is 19.7 Å². The maximum absolute atomic E-state index is 12.3. The van der Waals surface area contributed by atoms with Crippen LogP contribution in [0.25, 0.3) is 0 Å². The summed E-state index contributed by atoms with van der Waals surface area (Å²) in [5.41, 5.74) is 0. The number of sulfonamides is 2. The second-order valence-corrected chi connectivity index (χ2v) is 10.8. The van der Waals surface area contributed by atoms with Gasteiger partial charge in [-0.1, -0.05) is 19.6 Å². The van der Waals surface area contributed by atoms with Gasteiger partial charge in [0.2, 0.25) is 5.95 Å². The maximum Gasteiger partial charge on any atom is 0.255 e. The molecular weight excluding hydrogens is 515 g/mol. The van der Waals surface area contributed by atoms with Crippen LogP contribution in [-0.4, -0.2) is 78.4 Å². The zero-order valence-corrected chi connectivity index (χ0v) is 21.1. The molecule has 0 spiro atoms. The van der Waals surface area contributed by atoms with Crippen molar-refractivity contribution in [2.75, 3.05) is 44.4 Å². The lowest BCUT2D eigenvalue weighted by Gasteiger charge is -2.34. The van der Waals surface area contributed by atoms with E-state index < -0.39 is 31.0 Å². The van der Waals surface area contributed by atoms with E-state index in [0.717, 1.165) is 31.9 Å². The fourth-order valence-corrected chi connectivity index (χ4v) is 4.01. The fourth-order valence-electron chi connectivity index (χ4n) is 3.03. The first-order chi connectivity index (χ1) is 16.4. The molecule has 0 amide bonds. The van der Waals surface area contributed by atoms with Crippen LogP contribution in [0.3, 0.4) is 0 Å². The lowest BCUT2D eigenvalue weighted by molar-refractivity contribution is 0.0824. The fraction of sp³-hybridized carbons (Fsp3) is 0.524. The summed E-state index contributed by atoms with van der Waals surface area (Å²) in [5.74, 6) is -0.246. The number of hydrogen-bond acceptors (Lipinski definition) is 10. The molecule has 2 fully saturated rings. The van der Waals surface area contributed by atoms with Crippen molar-refractivity contribution in [3.63, 3.8) is 0 Å². The minimum Gasteiger partial charge on any atom is -0.379 e. The van der Waals surface area contributed by atoms with Gasteiger partial charge in [0.25, 0.3) is 20.0 Å². The molecule has 15 heteroatoms. The van der Waals surface area contributed by atoms with E-state index in [2.05, 4.69) is 27.3 Å². The zero-order valence-electron chi connectivity index (χ0n) is 19.5. The van der Waals surface area contributed by atoms with Gasteiger partial charge in [0.05, 0.1) is 32.5 Å². The number of primary sulfonamides is 2. The van der Waals surface area contributed by atoms with Crippen molar-refractivity contribution in [1.82, 2.24) is 15.3 Å². The number of morpholine rings is 2. The monoisotopic (exact) mass is 550 g/mol. The van der Waals surface area contributed by atoms with Crippen LogP contribution in [0.2, 0.25) is 0 Å². The minimum absolute atomic E-state index is 0. The van der Waals surface area contributed by atoms with Crippen LogP contribution in [0.5, 0.6) is 0 Å². The first-order valence-corrected chi connectivity index (χ1v) is 13.8.